The summed E-state index contributed by atoms with van der Waals surface area (Å²) in [5.41, 5.74) is 6.09. The largest absolute Gasteiger partial charge is 0.496 e. The predicted molar refractivity (Wildman–Crippen MR) is 100 cm³/mol. The van der Waals surface area contributed by atoms with Gasteiger partial charge in [0.2, 0.25) is 0 Å². The number of rotatable bonds is 4. The zero-order valence-electron chi connectivity index (χ0n) is 14.3. The van der Waals surface area contributed by atoms with Crippen molar-refractivity contribution in [1.29, 1.82) is 0 Å². The number of para-hydroxylation sites is 1. The number of anilines is 1. The van der Waals surface area contributed by atoms with E-state index in [9.17, 15) is 4.39 Å². The van der Waals surface area contributed by atoms with E-state index in [1.54, 1.807) is 19.4 Å². The van der Waals surface area contributed by atoms with Crippen molar-refractivity contribution in [1.82, 2.24) is 14.5 Å². The van der Waals surface area contributed by atoms with E-state index in [0.717, 1.165) is 27.7 Å². The van der Waals surface area contributed by atoms with E-state index in [1.165, 1.54) is 18.5 Å². The molecule has 0 atom stereocenters. The van der Waals surface area contributed by atoms with Crippen LogP contribution in [-0.2, 0) is 7.05 Å². The van der Waals surface area contributed by atoms with Crippen LogP contribution in [0.3, 0.4) is 0 Å². The minimum Gasteiger partial charge on any atom is -0.496 e. The van der Waals surface area contributed by atoms with Crippen LogP contribution in [0.4, 0.5) is 10.2 Å². The van der Waals surface area contributed by atoms with Gasteiger partial charge < -0.3 is 9.30 Å². The maximum absolute atomic E-state index is 13.6. The van der Waals surface area contributed by atoms with Crippen LogP contribution >= 0.6 is 0 Å². The molecule has 26 heavy (non-hydrogen) atoms. The van der Waals surface area contributed by atoms with Crippen molar-refractivity contribution in [2.75, 3.05) is 12.5 Å². The Morgan fingerprint density at radius 3 is 2.88 bits per heavy atom. The molecule has 0 aliphatic rings. The first-order valence-corrected chi connectivity index (χ1v) is 8.00. The maximum atomic E-state index is 13.6. The van der Waals surface area contributed by atoms with Gasteiger partial charge >= 0.3 is 0 Å². The molecular weight excluding hydrogens is 333 g/mol. The number of aryl methyl sites for hydroxylation is 1. The number of methoxy groups -OCH3 is 1. The van der Waals surface area contributed by atoms with Crippen molar-refractivity contribution >= 4 is 34.0 Å². The van der Waals surface area contributed by atoms with Crippen LogP contribution in [0.15, 0.2) is 53.9 Å². The SMILES string of the molecule is COc1ccccc1C=NNc1ncnc2c3cc(F)ccc3n(C)c12. The van der Waals surface area contributed by atoms with E-state index in [0.29, 0.717) is 11.3 Å². The van der Waals surface area contributed by atoms with Crippen molar-refractivity contribution in [2.45, 2.75) is 0 Å². The summed E-state index contributed by atoms with van der Waals surface area (Å²) in [6.07, 6.45) is 3.10. The number of aromatic nitrogens is 3. The Morgan fingerprint density at radius 1 is 1.19 bits per heavy atom. The average Bonchev–Trinajstić information content (AvgIpc) is 2.95. The number of hydrogen-bond donors (Lipinski definition) is 1. The Hall–Kier alpha value is -3.48. The molecule has 130 valence electrons. The van der Waals surface area contributed by atoms with Gasteiger partial charge in [-0.3, -0.25) is 5.43 Å². The van der Waals surface area contributed by atoms with E-state index < -0.39 is 0 Å². The van der Waals surface area contributed by atoms with E-state index in [-0.39, 0.29) is 5.82 Å². The predicted octanol–water partition coefficient (Wildman–Crippen LogP) is 3.72. The molecule has 0 bridgehead atoms. The molecule has 0 saturated heterocycles. The fourth-order valence-corrected chi connectivity index (χ4v) is 3.02. The zero-order chi connectivity index (χ0) is 18.1. The highest BCUT2D eigenvalue weighted by Crippen LogP contribution is 2.30. The third kappa shape index (κ3) is 2.63. The van der Waals surface area contributed by atoms with Crippen molar-refractivity contribution in [3.05, 3.63) is 60.2 Å². The van der Waals surface area contributed by atoms with Crippen molar-refractivity contribution < 1.29 is 9.13 Å². The molecule has 0 fully saturated rings. The normalized spacial score (nSPS) is 11.5. The minimum atomic E-state index is -0.299. The van der Waals surface area contributed by atoms with E-state index in [2.05, 4.69) is 20.5 Å². The third-order valence-electron chi connectivity index (χ3n) is 4.25. The lowest BCUT2D eigenvalue weighted by molar-refractivity contribution is 0.414. The molecule has 0 saturated carbocycles. The molecule has 0 radical (unpaired) electrons. The maximum Gasteiger partial charge on any atom is 0.174 e. The lowest BCUT2D eigenvalue weighted by Gasteiger charge is -2.05. The summed E-state index contributed by atoms with van der Waals surface area (Å²) in [4.78, 5) is 8.59. The molecule has 2 aromatic heterocycles. The smallest absolute Gasteiger partial charge is 0.174 e. The summed E-state index contributed by atoms with van der Waals surface area (Å²) < 4.78 is 20.9. The Bertz CT molecular complexity index is 1140. The topological polar surface area (TPSA) is 64.3 Å². The van der Waals surface area contributed by atoms with Gasteiger partial charge in [-0.15, -0.1) is 0 Å². The number of hydrazone groups is 1. The molecule has 1 N–H and O–H groups in total. The second kappa shape index (κ2) is 6.44. The van der Waals surface area contributed by atoms with Gasteiger partial charge in [0, 0.05) is 18.0 Å². The van der Waals surface area contributed by atoms with Crippen LogP contribution < -0.4 is 10.2 Å². The molecule has 0 amide bonds. The van der Waals surface area contributed by atoms with Crippen LogP contribution in [0.5, 0.6) is 5.75 Å². The van der Waals surface area contributed by atoms with E-state index in [4.69, 9.17) is 4.74 Å². The Kier molecular flexibility index (Phi) is 3.96. The molecule has 7 heteroatoms. The van der Waals surface area contributed by atoms with Gasteiger partial charge in [-0.1, -0.05) is 12.1 Å². The number of nitrogens with one attached hydrogen (secondary N) is 1. The van der Waals surface area contributed by atoms with Crippen LogP contribution in [0, 0.1) is 5.82 Å². The van der Waals surface area contributed by atoms with Crippen LogP contribution in [-0.4, -0.2) is 27.9 Å². The highest BCUT2D eigenvalue weighted by Gasteiger charge is 2.14. The minimum absolute atomic E-state index is 0.299. The second-order valence-corrected chi connectivity index (χ2v) is 5.75. The third-order valence-corrected chi connectivity index (χ3v) is 4.25. The molecule has 0 aliphatic carbocycles. The fraction of sp³-hybridized carbons (Fsp3) is 0.105. The first kappa shape index (κ1) is 16.0. The van der Waals surface area contributed by atoms with Gasteiger partial charge in [-0.2, -0.15) is 5.10 Å². The van der Waals surface area contributed by atoms with Crippen molar-refractivity contribution in [3.8, 4) is 5.75 Å². The molecule has 4 rings (SSSR count). The molecule has 0 spiro atoms. The summed E-state index contributed by atoms with van der Waals surface area (Å²) in [5, 5.41) is 5.00. The van der Waals surface area contributed by atoms with Crippen LogP contribution in [0.25, 0.3) is 21.9 Å². The summed E-state index contributed by atoms with van der Waals surface area (Å²) >= 11 is 0. The molecular formula is C19H16FN5O. The highest BCUT2D eigenvalue weighted by molar-refractivity contribution is 6.08. The number of benzene rings is 2. The van der Waals surface area contributed by atoms with Gasteiger partial charge in [-0.25, -0.2) is 14.4 Å². The lowest BCUT2D eigenvalue weighted by atomic mass is 10.2. The molecule has 0 unspecified atom stereocenters. The molecule has 2 heterocycles. The average molecular weight is 349 g/mol. The van der Waals surface area contributed by atoms with Gasteiger partial charge in [0.25, 0.3) is 0 Å². The first-order chi connectivity index (χ1) is 12.7. The lowest BCUT2D eigenvalue weighted by Crippen LogP contribution is -1.99. The quantitative estimate of drug-likeness (QED) is 0.450. The van der Waals surface area contributed by atoms with Gasteiger partial charge in [0.05, 0.1) is 18.8 Å². The second-order valence-electron chi connectivity index (χ2n) is 5.75. The van der Waals surface area contributed by atoms with Crippen molar-refractivity contribution in [2.24, 2.45) is 12.1 Å². The number of fused-ring (bicyclic) bond motifs is 3. The van der Waals surface area contributed by atoms with E-state index in [1.807, 2.05) is 35.9 Å². The summed E-state index contributed by atoms with van der Waals surface area (Å²) in [5.74, 6) is 0.971. The summed E-state index contributed by atoms with van der Waals surface area (Å²) in [6.45, 7) is 0. The highest BCUT2D eigenvalue weighted by atomic mass is 19.1. The number of ether oxygens (including phenoxy) is 1. The monoisotopic (exact) mass is 349 g/mol. The molecule has 4 aromatic rings. The van der Waals surface area contributed by atoms with Gasteiger partial charge in [-0.05, 0) is 30.3 Å². The number of hydrogen-bond acceptors (Lipinski definition) is 5. The molecule has 6 nitrogen and oxygen atoms in total. The van der Waals surface area contributed by atoms with Gasteiger partial charge in [0.1, 0.15) is 28.9 Å². The summed E-state index contributed by atoms with van der Waals surface area (Å²) in [6, 6.07) is 12.2. The van der Waals surface area contributed by atoms with Crippen molar-refractivity contribution in [3.63, 3.8) is 0 Å². The Labute approximate surface area is 148 Å². The first-order valence-electron chi connectivity index (χ1n) is 8.00. The Balaban J connectivity index is 1.75. The standard InChI is InChI=1S/C19H16FN5O/c1-25-15-8-7-13(20)9-14(15)17-18(25)19(22-11-21-17)24-23-10-12-5-3-4-6-16(12)26-2/h3-11H,1-2H3,(H,21,22,24). The zero-order valence-corrected chi connectivity index (χ0v) is 14.3. The Morgan fingerprint density at radius 2 is 2.04 bits per heavy atom. The molecule has 2 aromatic carbocycles. The summed E-state index contributed by atoms with van der Waals surface area (Å²) in [7, 11) is 3.50. The van der Waals surface area contributed by atoms with Gasteiger partial charge in [0.15, 0.2) is 5.82 Å². The molecule has 0 aliphatic heterocycles. The number of halogens is 1. The van der Waals surface area contributed by atoms with Crippen LogP contribution in [0.1, 0.15) is 5.56 Å². The fourth-order valence-electron chi connectivity index (χ4n) is 3.02. The van der Waals surface area contributed by atoms with E-state index >= 15 is 0 Å². The number of nitrogens with zero attached hydrogens (tertiary/aromatic N) is 4. The van der Waals surface area contributed by atoms with Crippen LogP contribution in [0.2, 0.25) is 0 Å².